The molecule has 0 saturated heterocycles. The van der Waals surface area contributed by atoms with E-state index in [4.69, 9.17) is 11.6 Å². The molecule has 0 amide bonds. The first-order chi connectivity index (χ1) is 10.1. The molecule has 0 aromatic heterocycles. The fourth-order valence-corrected chi connectivity index (χ4v) is 2.63. The first-order valence-corrected chi connectivity index (χ1v) is 7.66. The molecular weight excluding hydrogens is 285 g/mol. The van der Waals surface area contributed by atoms with Gasteiger partial charge in [0.05, 0.1) is 0 Å². The van der Waals surface area contributed by atoms with Crippen LogP contribution in [0.3, 0.4) is 0 Å². The van der Waals surface area contributed by atoms with E-state index in [1.54, 1.807) is 6.07 Å². The summed E-state index contributed by atoms with van der Waals surface area (Å²) in [5.74, 6) is 0.289. The molecular formula is C18H21ClFN. The van der Waals surface area contributed by atoms with Gasteiger partial charge in [-0.2, -0.15) is 0 Å². The highest BCUT2D eigenvalue weighted by atomic mass is 35.5. The second-order valence-electron chi connectivity index (χ2n) is 5.71. The van der Waals surface area contributed by atoms with Crippen molar-refractivity contribution in [2.75, 3.05) is 0 Å². The molecule has 0 spiro atoms. The Kier molecular flexibility index (Phi) is 5.77. The predicted molar refractivity (Wildman–Crippen MR) is 86.9 cm³/mol. The van der Waals surface area contributed by atoms with Crippen molar-refractivity contribution < 1.29 is 4.39 Å². The first kappa shape index (κ1) is 16.0. The van der Waals surface area contributed by atoms with Crippen molar-refractivity contribution in [1.29, 1.82) is 0 Å². The highest BCUT2D eigenvalue weighted by Gasteiger charge is 2.13. The second kappa shape index (κ2) is 7.58. The molecule has 0 aliphatic rings. The van der Waals surface area contributed by atoms with Gasteiger partial charge in [0.2, 0.25) is 0 Å². The summed E-state index contributed by atoms with van der Waals surface area (Å²) < 4.78 is 13.1. The van der Waals surface area contributed by atoms with E-state index >= 15 is 0 Å². The summed E-state index contributed by atoms with van der Waals surface area (Å²) in [5.41, 5.74) is 2.19. The van der Waals surface area contributed by atoms with Gasteiger partial charge in [-0.25, -0.2) is 4.39 Å². The van der Waals surface area contributed by atoms with Crippen LogP contribution in [0.25, 0.3) is 0 Å². The zero-order valence-corrected chi connectivity index (χ0v) is 13.2. The largest absolute Gasteiger partial charge is 0.306 e. The fourth-order valence-electron chi connectivity index (χ4n) is 2.39. The summed E-state index contributed by atoms with van der Waals surface area (Å²) >= 11 is 6.08. The van der Waals surface area contributed by atoms with E-state index in [2.05, 4.69) is 43.4 Å². The Morgan fingerprint density at radius 1 is 1.10 bits per heavy atom. The van der Waals surface area contributed by atoms with E-state index in [1.165, 1.54) is 17.7 Å². The van der Waals surface area contributed by atoms with Crippen molar-refractivity contribution in [1.82, 2.24) is 5.32 Å². The summed E-state index contributed by atoms with van der Waals surface area (Å²) in [5, 5.41) is 4.01. The molecule has 21 heavy (non-hydrogen) atoms. The van der Waals surface area contributed by atoms with Crippen LogP contribution in [0.5, 0.6) is 0 Å². The van der Waals surface area contributed by atoms with Crippen molar-refractivity contribution in [2.45, 2.75) is 32.9 Å². The van der Waals surface area contributed by atoms with Crippen LogP contribution in [0.4, 0.5) is 4.39 Å². The van der Waals surface area contributed by atoms with Crippen LogP contribution in [-0.2, 0) is 6.54 Å². The third kappa shape index (κ3) is 4.83. The van der Waals surface area contributed by atoms with Gasteiger partial charge in [-0.1, -0.05) is 61.8 Å². The molecule has 0 saturated carbocycles. The monoisotopic (exact) mass is 305 g/mol. The third-order valence-electron chi connectivity index (χ3n) is 3.46. The maximum absolute atomic E-state index is 13.1. The fraction of sp³-hybridized carbons (Fsp3) is 0.333. The summed E-state index contributed by atoms with van der Waals surface area (Å²) in [6, 6.07) is 15.2. The highest BCUT2D eigenvalue weighted by Crippen LogP contribution is 2.23. The molecule has 3 heteroatoms. The number of benzene rings is 2. The van der Waals surface area contributed by atoms with E-state index in [9.17, 15) is 4.39 Å². The molecule has 2 rings (SSSR count). The predicted octanol–water partition coefficient (Wildman–Crippen LogP) is 5.36. The quantitative estimate of drug-likeness (QED) is 0.758. The number of nitrogens with one attached hydrogen (secondary N) is 1. The van der Waals surface area contributed by atoms with Crippen molar-refractivity contribution in [3.63, 3.8) is 0 Å². The van der Waals surface area contributed by atoms with Crippen LogP contribution in [0.1, 0.15) is 37.4 Å². The number of hydrogen-bond donors (Lipinski definition) is 1. The van der Waals surface area contributed by atoms with Gasteiger partial charge in [0.1, 0.15) is 5.82 Å². The molecule has 1 nitrogen and oxygen atoms in total. The van der Waals surface area contributed by atoms with Crippen molar-refractivity contribution in [3.8, 4) is 0 Å². The molecule has 0 radical (unpaired) electrons. The SMILES string of the molecule is CC(C)CC(NCc1ccc(F)cc1Cl)c1ccccc1. The molecule has 0 bridgehead atoms. The van der Waals surface area contributed by atoms with Crippen LogP contribution in [0.2, 0.25) is 5.02 Å². The van der Waals surface area contributed by atoms with Crippen LogP contribution in [-0.4, -0.2) is 0 Å². The number of hydrogen-bond acceptors (Lipinski definition) is 1. The van der Waals surface area contributed by atoms with Crippen LogP contribution in [0, 0.1) is 11.7 Å². The topological polar surface area (TPSA) is 12.0 Å². The third-order valence-corrected chi connectivity index (χ3v) is 3.81. The Balaban J connectivity index is 2.09. The minimum absolute atomic E-state index is 0.271. The van der Waals surface area contributed by atoms with E-state index in [0.717, 1.165) is 12.0 Å². The van der Waals surface area contributed by atoms with Gasteiger partial charge < -0.3 is 5.32 Å². The zero-order valence-electron chi connectivity index (χ0n) is 12.4. The van der Waals surface area contributed by atoms with E-state index in [-0.39, 0.29) is 11.9 Å². The lowest BCUT2D eigenvalue weighted by atomic mass is 9.97. The Bertz CT molecular complexity index is 569. The van der Waals surface area contributed by atoms with E-state index in [0.29, 0.717) is 17.5 Å². The second-order valence-corrected chi connectivity index (χ2v) is 6.12. The molecule has 0 aliphatic carbocycles. The molecule has 1 atom stereocenters. The van der Waals surface area contributed by atoms with Gasteiger partial charge >= 0.3 is 0 Å². The highest BCUT2D eigenvalue weighted by molar-refractivity contribution is 6.31. The normalized spacial score (nSPS) is 12.6. The molecule has 1 N–H and O–H groups in total. The maximum Gasteiger partial charge on any atom is 0.124 e. The van der Waals surface area contributed by atoms with Gasteiger partial charge in [-0.3, -0.25) is 0 Å². The van der Waals surface area contributed by atoms with Gasteiger partial charge in [0, 0.05) is 17.6 Å². The molecule has 0 fully saturated rings. The average molecular weight is 306 g/mol. The Labute approximate surface area is 131 Å². The van der Waals surface area contributed by atoms with Crippen LogP contribution in [0.15, 0.2) is 48.5 Å². The summed E-state index contributed by atoms with van der Waals surface area (Å²) in [4.78, 5) is 0. The van der Waals surface area contributed by atoms with Crippen molar-refractivity contribution in [3.05, 3.63) is 70.5 Å². The van der Waals surface area contributed by atoms with Gasteiger partial charge in [0.15, 0.2) is 0 Å². The smallest absolute Gasteiger partial charge is 0.124 e. The van der Waals surface area contributed by atoms with Gasteiger partial charge in [-0.15, -0.1) is 0 Å². The summed E-state index contributed by atoms with van der Waals surface area (Å²) in [6.45, 7) is 5.05. The molecule has 1 unspecified atom stereocenters. The van der Waals surface area contributed by atoms with E-state index in [1.807, 2.05) is 6.07 Å². The summed E-state index contributed by atoms with van der Waals surface area (Å²) in [6.07, 6.45) is 1.04. The number of halogens is 2. The average Bonchev–Trinajstić information content (AvgIpc) is 2.45. The Morgan fingerprint density at radius 3 is 2.43 bits per heavy atom. The van der Waals surface area contributed by atoms with Gasteiger partial charge in [0.25, 0.3) is 0 Å². The Morgan fingerprint density at radius 2 is 1.81 bits per heavy atom. The lowest BCUT2D eigenvalue weighted by molar-refractivity contribution is 0.428. The standard InChI is InChI=1S/C18H21ClFN/c1-13(2)10-18(14-6-4-3-5-7-14)21-12-15-8-9-16(20)11-17(15)19/h3-9,11,13,18,21H,10,12H2,1-2H3. The van der Waals surface area contributed by atoms with Crippen LogP contribution < -0.4 is 5.32 Å². The molecule has 112 valence electrons. The first-order valence-electron chi connectivity index (χ1n) is 7.28. The minimum atomic E-state index is -0.300. The molecule has 0 aliphatic heterocycles. The lowest BCUT2D eigenvalue weighted by Gasteiger charge is -2.21. The van der Waals surface area contributed by atoms with Crippen molar-refractivity contribution >= 4 is 11.6 Å². The van der Waals surface area contributed by atoms with Crippen molar-refractivity contribution in [2.24, 2.45) is 5.92 Å². The number of rotatable bonds is 6. The maximum atomic E-state index is 13.1. The Hall–Kier alpha value is -1.38. The molecule has 2 aromatic carbocycles. The minimum Gasteiger partial charge on any atom is -0.306 e. The molecule has 2 aromatic rings. The molecule has 0 heterocycles. The van der Waals surface area contributed by atoms with E-state index < -0.39 is 0 Å². The van der Waals surface area contributed by atoms with Gasteiger partial charge in [-0.05, 0) is 35.6 Å². The summed E-state index contributed by atoms with van der Waals surface area (Å²) in [7, 11) is 0. The van der Waals surface area contributed by atoms with Crippen LogP contribution >= 0.6 is 11.6 Å². The zero-order chi connectivity index (χ0) is 15.2. The lowest BCUT2D eigenvalue weighted by Crippen LogP contribution is -2.22.